The van der Waals surface area contributed by atoms with E-state index in [2.05, 4.69) is 15.5 Å². The molecule has 7 nitrogen and oxygen atoms in total. The molecule has 0 saturated carbocycles. The van der Waals surface area contributed by atoms with Crippen LogP contribution in [0.15, 0.2) is 18.2 Å². The molecule has 170 valence electrons. The van der Waals surface area contributed by atoms with E-state index in [1.165, 1.54) is 12.8 Å². The van der Waals surface area contributed by atoms with Gasteiger partial charge in [0.05, 0.1) is 10.2 Å². The van der Waals surface area contributed by atoms with Gasteiger partial charge >= 0.3 is 12.1 Å². The Morgan fingerprint density at radius 1 is 1.29 bits per heavy atom. The third-order valence-electron chi connectivity index (χ3n) is 4.71. The summed E-state index contributed by atoms with van der Waals surface area (Å²) in [7, 11) is 0. The molecule has 3 heterocycles. The lowest BCUT2D eigenvalue weighted by atomic mass is 10.2. The molecular formula is C19H23F3N4O3S2. The SMILES string of the molecule is O=C(CC1CSCCN1)Nc1ccc2nc(N3CCCC3)sc2c1.O=C(O)C(F)(F)F. The second-order valence-electron chi connectivity index (χ2n) is 7.15. The van der Waals surface area contributed by atoms with Gasteiger partial charge in [-0.25, -0.2) is 9.78 Å². The van der Waals surface area contributed by atoms with Gasteiger partial charge in [-0.2, -0.15) is 24.9 Å². The summed E-state index contributed by atoms with van der Waals surface area (Å²) in [6, 6.07) is 6.30. The van der Waals surface area contributed by atoms with Crippen molar-refractivity contribution in [1.29, 1.82) is 0 Å². The van der Waals surface area contributed by atoms with Gasteiger partial charge < -0.3 is 20.6 Å². The number of amides is 1. The lowest BCUT2D eigenvalue weighted by Gasteiger charge is -2.22. The van der Waals surface area contributed by atoms with Crippen LogP contribution in [0.2, 0.25) is 0 Å². The number of benzene rings is 1. The number of rotatable bonds is 4. The van der Waals surface area contributed by atoms with Crippen molar-refractivity contribution in [2.24, 2.45) is 0 Å². The van der Waals surface area contributed by atoms with E-state index in [0.717, 1.165) is 52.2 Å². The number of nitrogens with one attached hydrogen (secondary N) is 2. The molecule has 0 radical (unpaired) electrons. The summed E-state index contributed by atoms with van der Waals surface area (Å²) in [5.74, 6) is -0.522. The lowest BCUT2D eigenvalue weighted by Crippen LogP contribution is -2.39. The first-order chi connectivity index (χ1) is 14.7. The van der Waals surface area contributed by atoms with Gasteiger partial charge in [-0.15, -0.1) is 0 Å². The van der Waals surface area contributed by atoms with Crippen LogP contribution in [0.5, 0.6) is 0 Å². The molecule has 12 heteroatoms. The standard InChI is InChI=1S/C17H22N4OS2.C2HF3O2/c22-16(10-13-11-23-8-5-18-13)19-12-3-4-14-15(9-12)24-17(20-14)21-6-1-2-7-21;3-2(4,5)1(6)7/h3-4,9,13,18H,1-2,5-8,10-11H2,(H,19,22);(H,6,7). The molecule has 4 rings (SSSR count). The maximum Gasteiger partial charge on any atom is 0.490 e. The zero-order chi connectivity index (χ0) is 22.4. The molecule has 0 spiro atoms. The Bertz CT molecular complexity index is 910. The minimum atomic E-state index is -5.08. The van der Waals surface area contributed by atoms with E-state index in [4.69, 9.17) is 14.9 Å². The highest BCUT2D eigenvalue weighted by Crippen LogP contribution is 2.32. The van der Waals surface area contributed by atoms with Crippen LogP contribution in [-0.2, 0) is 9.59 Å². The molecule has 2 saturated heterocycles. The predicted octanol–water partition coefficient (Wildman–Crippen LogP) is 3.56. The Kier molecular flexibility index (Phi) is 8.00. The van der Waals surface area contributed by atoms with Crippen LogP contribution in [0.4, 0.5) is 24.0 Å². The molecule has 3 N–H and O–H groups in total. The number of halogens is 3. The molecule has 1 amide bonds. The average Bonchev–Trinajstić information content (AvgIpc) is 3.37. The number of carbonyl (C=O) groups is 2. The number of carbonyl (C=O) groups excluding carboxylic acids is 1. The van der Waals surface area contributed by atoms with E-state index < -0.39 is 12.1 Å². The van der Waals surface area contributed by atoms with Crippen molar-refractivity contribution in [2.45, 2.75) is 31.5 Å². The number of carboxylic acids is 1. The minimum absolute atomic E-state index is 0.0821. The summed E-state index contributed by atoms with van der Waals surface area (Å²) in [5.41, 5.74) is 1.89. The molecule has 2 fully saturated rings. The number of carboxylic acid groups (broad SMARTS) is 1. The van der Waals surface area contributed by atoms with Gasteiger partial charge in [0.1, 0.15) is 0 Å². The van der Waals surface area contributed by atoms with E-state index in [-0.39, 0.29) is 11.9 Å². The van der Waals surface area contributed by atoms with Crippen LogP contribution >= 0.6 is 23.1 Å². The molecule has 2 aliphatic rings. The highest BCUT2D eigenvalue weighted by Gasteiger charge is 2.38. The number of thioether (sulfide) groups is 1. The molecule has 2 aromatic rings. The zero-order valence-electron chi connectivity index (χ0n) is 16.6. The van der Waals surface area contributed by atoms with Crippen molar-refractivity contribution < 1.29 is 27.9 Å². The Morgan fingerprint density at radius 2 is 2.00 bits per heavy atom. The first-order valence-electron chi connectivity index (χ1n) is 9.79. The normalized spacial score (nSPS) is 19.1. The van der Waals surface area contributed by atoms with Crippen molar-refractivity contribution in [3.05, 3.63) is 18.2 Å². The Balaban J connectivity index is 0.000000339. The second kappa shape index (κ2) is 10.5. The number of aliphatic carboxylic acids is 1. The number of nitrogens with zero attached hydrogens (tertiary/aromatic N) is 2. The first kappa shape index (κ1) is 23.6. The van der Waals surface area contributed by atoms with Gasteiger partial charge in [-0.05, 0) is 31.0 Å². The van der Waals surface area contributed by atoms with E-state index in [9.17, 15) is 18.0 Å². The van der Waals surface area contributed by atoms with Gasteiger partial charge in [0.15, 0.2) is 5.13 Å². The maximum atomic E-state index is 12.3. The van der Waals surface area contributed by atoms with E-state index >= 15 is 0 Å². The van der Waals surface area contributed by atoms with E-state index in [0.29, 0.717) is 6.42 Å². The number of hydrogen-bond donors (Lipinski definition) is 3. The fraction of sp³-hybridized carbons (Fsp3) is 0.526. The van der Waals surface area contributed by atoms with Crippen molar-refractivity contribution >= 4 is 56.0 Å². The summed E-state index contributed by atoms with van der Waals surface area (Å²) >= 11 is 3.63. The third kappa shape index (κ3) is 6.97. The number of anilines is 2. The van der Waals surface area contributed by atoms with Crippen LogP contribution in [0.1, 0.15) is 19.3 Å². The van der Waals surface area contributed by atoms with Crippen molar-refractivity contribution in [3.8, 4) is 0 Å². The number of thiazole rings is 1. The largest absolute Gasteiger partial charge is 0.490 e. The van der Waals surface area contributed by atoms with Gasteiger partial charge in [-0.1, -0.05) is 11.3 Å². The van der Waals surface area contributed by atoms with Crippen LogP contribution in [0, 0.1) is 0 Å². The fourth-order valence-electron chi connectivity index (χ4n) is 3.22. The molecule has 31 heavy (non-hydrogen) atoms. The molecule has 0 aliphatic carbocycles. The molecule has 1 aromatic carbocycles. The summed E-state index contributed by atoms with van der Waals surface area (Å²) < 4.78 is 32.9. The van der Waals surface area contributed by atoms with Gasteiger partial charge in [-0.3, -0.25) is 4.79 Å². The van der Waals surface area contributed by atoms with Crippen molar-refractivity contribution in [1.82, 2.24) is 10.3 Å². The molecule has 0 bridgehead atoms. The zero-order valence-corrected chi connectivity index (χ0v) is 18.2. The van der Waals surface area contributed by atoms with Gasteiger partial charge in [0.25, 0.3) is 0 Å². The maximum absolute atomic E-state index is 12.3. The predicted molar refractivity (Wildman–Crippen MR) is 117 cm³/mol. The molecule has 1 aromatic heterocycles. The quantitative estimate of drug-likeness (QED) is 0.621. The summed E-state index contributed by atoms with van der Waals surface area (Å²) in [6.45, 7) is 3.21. The van der Waals surface area contributed by atoms with Crippen LogP contribution in [0.25, 0.3) is 10.2 Å². The van der Waals surface area contributed by atoms with Crippen molar-refractivity contribution in [2.75, 3.05) is 41.4 Å². The van der Waals surface area contributed by atoms with Crippen LogP contribution in [0.3, 0.4) is 0 Å². The van der Waals surface area contributed by atoms with E-state index in [1.54, 1.807) is 11.3 Å². The average molecular weight is 477 g/mol. The monoisotopic (exact) mass is 476 g/mol. The molecule has 1 unspecified atom stereocenters. The number of fused-ring (bicyclic) bond motifs is 1. The highest BCUT2D eigenvalue weighted by atomic mass is 32.2. The molecular weight excluding hydrogens is 453 g/mol. The summed E-state index contributed by atoms with van der Waals surface area (Å²) in [4.78, 5) is 28.2. The Hall–Kier alpha value is -2.05. The van der Waals surface area contributed by atoms with Crippen LogP contribution < -0.4 is 15.5 Å². The topological polar surface area (TPSA) is 94.6 Å². The van der Waals surface area contributed by atoms with Gasteiger partial charge in [0.2, 0.25) is 5.91 Å². The number of alkyl halides is 3. The third-order valence-corrected chi connectivity index (χ3v) is 6.92. The Labute approximate surface area is 185 Å². The number of aromatic nitrogens is 1. The molecule has 2 aliphatic heterocycles. The summed E-state index contributed by atoms with van der Waals surface area (Å²) in [5, 5.41) is 14.7. The van der Waals surface area contributed by atoms with E-state index in [1.807, 2.05) is 30.0 Å². The lowest BCUT2D eigenvalue weighted by molar-refractivity contribution is -0.192. The summed E-state index contributed by atoms with van der Waals surface area (Å²) in [6.07, 6.45) is -2.04. The fourth-order valence-corrected chi connectivity index (χ4v) is 5.23. The van der Waals surface area contributed by atoms with Crippen LogP contribution in [-0.4, -0.2) is 65.3 Å². The highest BCUT2D eigenvalue weighted by molar-refractivity contribution is 7.99. The smallest absolute Gasteiger partial charge is 0.475 e. The first-order valence-corrected chi connectivity index (χ1v) is 11.8. The number of hydrogen-bond acceptors (Lipinski definition) is 7. The molecule has 1 atom stereocenters. The van der Waals surface area contributed by atoms with Gasteiger partial charge in [0, 0.05) is 49.3 Å². The minimum Gasteiger partial charge on any atom is -0.475 e. The Morgan fingerprint density at radius 3 is 2.61 bits per heavy atom. The van der Waals surface area contributed by atoms with Crippen molar-refractivity contribution in [3.63, 3.8) is 0 Å². The second-order valence-corrected chi connectivity index (χ2v) is 9.31.